The highest BCUT2D eigenvalue weighted by Crippen LogP contribution is 2.29. The van der Waals surface area contributed by atoms with E-state index in [1.807, 2.05) is 4.90 Å². The fourth-order valence-corrected chi connectivity index (χ4v) is 3.31. The molecule has 2 aliphatic heterocycles. The Labute approximate surface area is 133 Å². The van der Waals surface area contributed by atoms with Crippen molar-refractivity contribution >= 4 is 29.1 Å². The molecule has 3 rings (SSSR count). The van der Waals surface area contributed by atoms with Gasteiger partial charge in [-0.25, -0.2) is 0 Å². The Hall–Kier alpha value is -0.750. The van der Waals surface area contributed by atoms with Crippen molar-refractivity contribution in [3.63, 3.8) is 0 Å². The maximum atomic E-state index is 12.5. The molecule has 0 radical (unpaired) electrons. The van der Waals surface area contributed by atoms with Crippen molar-refractivity contribution in [2.45, 2.75) is 19.1 Å². The number of aromatic nitrogens is 1. The minimum absolute atomic E-state index is 0.0296. The van der Waals surface area contributed by atoms with E-state index in [2.05, 4.69) is 0 Å². The molecule has 7 heteroatoms. The minimum Gasteiger partial charge on any atom is -0.350 e. The van der Waals surface area contributed by atoms with Crippen LogP contribution in [0.3, 0.4) is 0 Å². The number of carbonyl (C=O) groups excluding carboxylic acids is 1. The smallest absolute Gasteiger partial charge is 0.270 e. The summed E-state index contributed by atoms with van der Waals surface area (Å²) in [5.41, 5.74) is 0.525. The Morgan fingerprint density at radius 1 is 1.24 bits per heavy atom. The molecule has 0 bridgehead atoms. The number of likely N-dealkylation sites (tertiary alicyclic amines) is 1. The fraction of sp³-hybridized carbons (Fsp3) is 0.643. The molecule has 2 fully saturated rings. The van der Waals surface area contributed by atoms with Gasteiger partial charge in [-0.3, -0.25) is 4.79 Å². The van der Waals surface area contributed by atoms with Gasteiger partial charge in [-0.05, 0) is 18.9 Å². The van der Waals surface area contributed by atoms with Crippen molar-refractivity contribution in [1.82, 2.24) is 9.47 Å². The summed E-state index contributed by atoms with van der Waals surface area (Å²) < 4.78 is 12.7. The van der Waals surface area contributed by atoms with Crippen molar-refractivity contribution in [2.24, 2.45) is 13.0 Å². The molecule has 0 aromatic carbocycles. The summed E-state index contributed by atoms with van der Waals surface area (Å²) in [5, 5.41) is 0.799. The zero-order chi connectivity index (χ0) is 15.0. The summed E-state index contributed by atoms with van der Waals surface area (Å²) in [5.74, 6) is 0.343. The summed E-state index contributed by atoms with van der Waals surface area (Å²) in [7, 11) is 1.74. The Morgan fingerprint density at radius 3 is 2.38 bits per heavy atom. The maximum Gasteiger partial charge on any atom is 0.270 e. The first-order chi connectivity index (χ1) is 10.1. The van der Waals surface area contributed by atoms with Crippen LogP contribution in [0.1, 0.15) is 23.3 Å². The van der Waals surface area contributed by atoms with Crippen LogP contribution >= 0.6 is 23.2 Å². The predicted molar refractivity (Wildman–Crippen MR) is 79.8 cm³/mol. The number of hydrogen-bond acceptors (Lipinski definition) is 3. The van der Waals surface area contributed by atoms with Gasteiger partial charge in [0, 0.05) is 26.1 Å². The maximum absolute atomic E-state index is 12.5. The molecular formula is C14H18Cl2N2O3. The van der Waals surface area contributed by atoms with Gasteiger partial charge in [0.2, 0.25) is 0 Å². The van der Waals surface area contributed by atoms with E-state index in [0.717, 1.165) is 12.8 Å². The lowest BCUT2D eigenvalue weighted by Crippen LogP contribution is -2.42. The molecule has 0 saturated carbocycles. The van der Waals surface area contributed by atoms with Crippen LogP contribution in [0.2, 0.25) is 10.2 Å². The van der Waals surface area contributed by atoms with Crippen LogP contribution in [-0.2, 0) is 16.5 Å². The number of piperidine rings is 1. The van der Waals surface area contributed by atoms with Crippen LogP contribution in [0.25, 0.3) is 0 Å². The third kappa shape index (κ3) is 2.93. The Bertz CT molecular complexity index is 533. The second-order valence-electron chi connectivity index (χ2n) is 5.47. The van der Waals surface area contributed by atoms with E-state index in [1.54, 1.807) is 17.7 Å². The molecule has 1 aromatic heterocycles. The predicted octanol–water partition coefficient (Wildman–Crippen LogP) is 2.56. The van der Waals surface area contributed by atoms with Gasteiger partial charge in [-0.2, -0.15) is 0 Å². The van der Waals surface area contributed by atoms with Crippen LogP contribution in [0.5, 0.6) is 0 Å². The molecule has 0 spiro atoms. The second-order valence-corrected chi connectivity index (χ2v) is 6.23. The lowest BCUT2D eigenvalue weighted by molar-refractivity contribution is -0.0956. The zero-order valence-corrected chi connectivity index (χ0v) is 13.4. The van der Waals surface area contributed by atoms with Crippen LogP contribution in [0.15, 0.2) is 6.07 Å². The van der Waals surface area contributed by atoms with E-state index in [9.17, 15) is 4.79 Å². The van der Waals surface area contributed by atoms with E-state index in [4.69, 9.17) is 32.7 Å². The molecule has 1 aromatic rings. The van der Waals surface area contributed by atoms with Gasteiger partial charge in [0.1, 0.15) is 10.8 Å². The summed E-state index contributed by atoms with van der Waals surface area (Å²) >= 11 is 12.0. The molecular weight excluding hydrogens is 315 g/mol. The van der Waals surface area contributed by atoms with E-state index >= 15 is 0 Å². The summed E-state index contributed by atoms with van der Waals surface area (Å²) in [6.07, 6.45) is 1.69. The Kier molecular flexibility index (Phi) is 4.45. The van der Waals surface area contributed by atoms with Crippen molar-refractivity contribution in [2.75, 3.05) is 26.3 Å². The lowest BCUT2D eigenvalue weighted by atomic mass is 9.96. The van der Waals surface area contributed by atoms with Gasteiger partial charge in [-0.15, -0.1) is 0 Å². The van der Waals surface area contributed by atoms with Gasteiger partial charge < -0.3 is 18.9 Å². The number of hydrogen-bond donors (Lipinski definition) is 0. The SMILES string of the molecule is Cn1c(C(=O)N2CCC(C3OCCO3)CC2)cc(Cl)c1Cl. The lowest BCUT2D eigenvalue weighted by Gasteiger charge is -2.33. The number of rotatable bonds is 2. The molecule has 2 saturated heterocycles. The van der Waals surface area contributed by atoms with E-state index in [-0.39, 0.29) is 12.2 Å². The molecule has 116 valence electrons. The second kappa shape index (κ2) is 6.16. The molecule has 0 aliphatic carbocycles. The van der Waals surface area contributed by atoms with Gasteiger partial charge >= 0.3 is 0 Å². The highest BCUT2D eigenvalue weighted by Gasteiger charge is 2.32. The number of carbonyl (C=O) groups is 1. The molecule has 0 N–H and O–H groups in total. The highest BCUT2D eigenvalue weighted by molar-refractivity contribution is 6.41. The largest absolute Gasteiger partial charge is 0.350 e. The van der Waals surface area contributed by atoms with Crippen LogP contribution in [0.4, 0.5) is 0 Å². The third-order valence-electron chi connectivity index (χ3n) is 4.19. The first-order valence-corrected chi connectivity index (χ1v) is 7.86. The van der Waals surface area contributed by atoms with Gasteiger partial charge in [0.25, 0.3) is 5.91 Å². The average Bonchev–Trinajstić information content (AvgIpc) is 3.12. The zero-order valence-electron chi connectivity index (χ0n) is 11.8. The van der Waals surface area contributed by atoms with Crippen molar-refractivity contribution in [1.29, 1.82) is 0 Å². The third-order valence-corrected chi connectivity index (χ3v) is 5.04. The molecule has 21 heavy (non-hydrogen) atoms. The number of halogens is 2. The van der Waals surface area contributed by atoms with Crippen molar-refractivity contribution in [3.8, 4) is 0 Å². The summed E-state index contributed by atoms with van der Waals surface area (Å²) in [6, 6.07) is 1.63. The monoisotopic (exact) mass is 332 g/mol. The van der Waals surface area contributed by atoms with E-state index in [0.29, 0.717) is 48.1 Å². The minimum atomic E-state index is -0.0961. The first kappa shape index (κ1) is 15.2. The Balaban J connectivity index is 1.63. The molecule has 1 amide bonds. The van der Waals surface area contributed by atoms with Crippen molar-refractivity contribution in [3.05, 3.63) is 21.9 Å². The molecule has 3 heterocycles. The Morgan fingerprint density at radius 2 is 1.86 bits per heavy atom. The van der Waals surface area contributed by atoms with Gasteiger partial charge in [0.05, 0.1) is 18.2 Å². The average molecular weight is 333 g/mol. The molecule has 0 atom stereocenters. The quantitative estimate of drug-likeness (QED) is 0.835. The van der Waals surface area contributed by atoms with E-state index < -0.39 is 0 Å². The van der Waals surface area contributed by atoms with E-state index in [1.165, 1.54) is 0 Å². The van der Waals surface area contributed by atoms with Gasteiger partial charge in [0.15, 0.2) is 6.29 Å². The topological polar surface area (TPSA) is 43.7 Å². The van der Waals surface area contributed by atoms with Crippen LogP contribution < -0.4 is 0 Å². The summed E-state index contributed by atoms with van der Waals surface area (Å²) in [4.78, 5) is 14.4. The molecule has 0 unspecified atom stereocenters. The van der Waals surface area contributed by atoms with Crippen molar-refractivity contribution < 1.29 is 14.3 Å². The fourth-order valence-electron chi connectivity index (χ4n) is 2.93. The number of amides is 1. The van der Waals surface area contributed by atoms with Crippen LogP contribution in [-0.4, -0.2) is 48.0 Å². The normalized spacial score (nSPS) is 21.2. The highest BCUT2D eigenvalue weighted by atomic mass is 35.5. The first-order valence-electron chi connectivity index (χ1n) is 7.11. The van der Waals surface area contributed by atoms with Crippen LogP contribution in [0, 0.1) is 5.92 Å². The standard InChI is InChI=1S/C14H18Cl2N2O3/c1-17-11(8-10(15)12(17)16)13(19)18-4-2-9(3-5-18)14-20-6-7-21-14/h8-9,14H,2-7H2,1H3. The molecule has 5 nitrogen and oxygen atoms in total. The summed E-state index contributed by atoms with van der Waals surface area (Å²) in [6.45, 7) is 2.74. The molecule has 2 aliphatic rings. The number of nitrogens with zero attached hydrogens (tertiary/aromatic N) is 2. The van der Waals surface area contributed by atoms with Gasteiger partial charge in [-0.1, -0.05) is 23.2 Å². The number of ether oxygens (including phenoxy) is 2.